The van der Waals surface area contributed by atoms with E-state index < -0.39 is 0 Å². The van der Waals surface area contributed by atoms with Gasteiger partial charge in [0.2, 0.25) is 11.8 Å². The van der Waals surface area contributed by atoms with E-state index in [1.807, 2.05) is 40.1 Å². The Morgan fingerprint density at radius 2 is 1.82 bits per heavy atom. The molecule has 2 aromatic carbocycles. The predicted octanol–water partition coefficient (Wildman–Crippen LogP) is 5.06. The molecular formula is C27H28ClN3O3. The van der Waals surface area contributed by atoms with Crippen LogP contribution in [0.15, 0.2) is 47.0 Å². The van der Waals surface area contributed by atoms with E-state index in [2.05, 4.69) is 31.1 Å². The summed E-state index contributed by atoms with van der Waals surface area (Å²) >= 11 is 6.03. The first-order chi connectivity index (χ1) is 16.5. The molecule has 7 heteroatoms. The first-order valence-electron chi connectivity index (χ1n) is 11.9. The molecule has 176 valence electrons. The van der Waals surface area contributed by atoms with Crippen LogP contribution in [0.1, 0.15) is 42.7 Å². The highest BCUT2D eigenvalue weighted by atomic mass is 35.5. The van der Waals surface area contributed by atoms with Crippen molar-refractivity contribution < 1.29 is 14.1 Å². The summed E-state index contributed by atoms with van der Waals surface area (Å²) < 4.78 is 5.65. The summed E-state index contributed by atoms with van der Waals surface area (Å²) in [7, 11) is 0. The largest absolute Gasteiger partial charge is 0.356 e. The van der Waals surface area contributed by atoms with Crippen LogP contribution in [-0.2, 0) is 35.4 Å². The van der Waals surface area contributed by atoms with E-state index in [9.17, 15) is 9.59 Å². The van der Waals surface area contributed by atoms with Gasteiger partial charge in [-0.05, 0) is 48.2 Å². The lowest BCUT2D eigenvalue weighted by atomic mass is 9.99. The lowest BCUT2D eigenvalue weighted by Gasteiger charge is -2.29. The number of hydrogen-bond donors (Lipinski definition) is 0. The van der Waals surface area contributed by atoms with Crippen molar-refractivity contribution in [3.8, 4) is 11.3 Å². The second kappa shape index (κ2) is 9.26. The number of fused-ring (bicyclic) bond motifs is 1. The highest BCUT2D eigenvalue weighted by Crippen LogP contribution is 2.35. The molecule has 6 nitrogen and oxygen atoms in total. The number of carbonyl (C=O) groups excluding carboxylic acids is 2. The molecule has 1 fully saturated rings. The number of halogens is 1. The Bertz CT molecular complexity index is 1210. The SMILES string of the molecule is CCc1cccc(CC)c1N1CC(C(=O)N2CCc3noc(-c4ccc(Cl)cc4)c3C2)CC1=O. The molecule has 1 aromatic heterocycles. The molecule has 1 saturated heterocycles. The zero-order valence-corrected chi connectivity index (χ0v) is 20.3. The summed E-state index contributed by atoms with van der Waals surface area (Å²) in [6, 6.07) is 13.6. The third-order valence-electron chi connectivity index (χ3n) is 6.96. The maximum atomic E-state index is 13.5. The Kier molecular flexibility index (Phi) is 6.17. The van der Waals surface area contributed by atoms with Gasteiger partial charge in [-0.25, -0.2) is 0 Å². The summed E-state index contributed by atoms with van der Waals surface area (Å²) in [5, 5.41) is 4.89. The maximum absolute atomic E-state index is 13.5. The van der Waals surface area contributed by atoms with Gasteiger partial charge < -0.3 is 14.3 Å². The number of amides is 2. The molecule has 2 aliphatic heterocycles. The maximum Gasteiger partial charge on any atom is 0.228 e. The smallest absolute Gasteiger partial charge is 0.228 e. The number of hydrogen-bond acceptors (Lipinski definition) is 4. The number of aromatic nitrogens is 1. The molecule has 2 aliphatic rings. The van der Waals surface area contributed by atoms with Gasteiger partial charge in [0.05, 0.1) is 18.2 Å². The molecule has 2 amide bonds. The van der Waals surface area contributed by atoms with Crippen LogP contribution in [0.25, 0.3) is 11.3 Å². The van der Waals surface area contributed by atoms with Crippen molar-refractivity contribution in [3.63, 3.8) is 0 Å². The fraction of sp³-hybridized carbons (Fsp3) is 0.370. The van der Waals surface area contributed by atoms with Crippen LogP contribution >= 0.6 is 11.6 Å². The normalized spacial score (nSPS) is 17.9. The number of aryl methyl sites for hydroxylation is 2. The third-order valence-corrected chi connectivity index (χ3v) is 7.22. The van der Waals surface area contributed by atoms with Gasteiger partial charge in [-0.2, -0.15) is 0 Å². The zero-order valence-electron chi connectivity index (χ0n) is 19.5. The molecule has 0 bridgehead atoms. The van der Waals surface area contributed by atoms with Crippen molar-refractivity contribution >= 4 is 29.1 Å². The Hall–Kier alpha value is -3.12. The molecular weight excluding hydrogens is 450 g/mol. The van der Waals surface area contributed by atoms with E-state index >= 15 is 0 Å². The number of para-hydroxylation sites is 1. The molecule has 3 heterocycles. The van der Waals surface area contributed by atoms with Gasteiger partial charge in [-0.3, -0.25) is 9.59 Å². The van der Waals surface area contributed by atoms with Crippen LogP contribution in [-0.4, -0.2) is 35.0 Å². The van der Waals surface area contributed by atoms with E-state index in [0.29, 0.717) is 36.8 Å². The van der Waals surface area contributed by atoms with Crippen molar-refractivity contribution in [2.24, 2.45) is 5.92 Å². The van der Waals surface area contributed by atoms with Gasteiger partial charge in [0.15, 0.2) is 5.76 Å². The minimum absolute atomic E-state index is 0.0248. The Labute approximate surface area is 204 Å². The second-order valence-electron chi connectivity index (χ2n) is 8.99. The molecule has 0 spiro atoms. The van der Waals surface area contributed by atoms with E-state index in [1.54, 1.807) is 0 Å². The average Bonchev–Trinajstić information content (AvgIpc) is 3.46. The number of anilines is 1. The molecule has 5 rings (SSSR count). The Balaban J connectivity index is 1.36. The second-order valence-corrected chi connectivity index (χ2v) is 9.43. The van der Waals surface area contributed by atoms with Gasteiger partial charge >= 0.3 is 0 Å². The van der Waals surface area contributed by atoms with Crippen LogP contribution in [0.2, 0.25) is 5.02 Å². The highest BCUT2D eigenvalue weighted by molar-refractivity contribution is 6.30. The number of nitrogens with zero attached hydrogens (tertiary/aromatic N) is 3. The van der Waals surface area contributed by atoms with Gasteiger partial charge in [-0.15, -0.1) is 0 Å². The summed E-state index contributed by atoms with van der Waals surface area (Å²) in [5.74, 6) is 0.385. The summed E-state index contributed by atoms with van der Waals surface area (Å²) in [4.78, 5) is 30.3. The molecule has 34 heavy (non-hydrogen) atoms. The molecule has 1 atom stereocenters. The van der Waals surface area contributed by atoms with Crippen LogP contribution in [0, 0.1) is 5.92 Å². The highest BCUT2D eigenvalue weighted by Gasteiger charge is 2.39. The Morgan fingerprint density at radius 3 is 2.50 bits per heavy atom. The molecule has 3 aromatic rings. The molecule has 0 N–H and O–H groups in total. The molecule has 0 saturated carbocycles. The zero-order chi connectivity index (χ0) is 23.8. The average molecular weight is 478 g/mol. The van der Waals surface area contributed by atoms with Gasteiger partial charge in [-0.1, -0.05) is 48.8 Å². The van der Waals surface area contributed by atoms with Crippen LogP contribution < -0.4 is 4.90 Å². The first-order valence-corrected chi connectivity index (χ1v) is 12.3. The van der Waals surface area contributed by atoms with Crippen LogP contribution in [0.4, 0.5) is 5.69 Å². The molecule has 0 radical (unpaired) electrons. The van der Waals surface area contributed by atoms with Crippen molar-refractivity contribution in [2.75, 3.05) is 18.0 Å². The monoisotopic (exact) mass is 477 g/mol. The number of benzene rings is 2. The number of carbonyl (C=O) groups is 2. The van der Waals surface area contributed by atoms with Gasteiger partial charge in [0.25, 0.3) is 0 Å². The molecule has 0 aliphatic carbocycles. The van der Waals surface area contributed by atoms with Crippen molar-refractivity contribution in [3.05, 3.63) is 69.9 Å². The molecule has 1 unspecified atom stereocenters. The van der Waals surface area contributed by atoms with Gasteiger partial charge in [0.1, 0.15) is 0 Å². The Morgan fingerprint density at radius 1 is 1.12 bits per heavy atom. The van der Waals surface area contributed by atoms with Gasteiger partial charge in [0, 0.05) is 47.8 Å². The van der Waals surface area contributed by atoms with Crippen molar-refractivity contribution in [1.82, 2.24) is 10.1 Å². The van der Waals surface area contributed by atoms with E-state index in [0.717, 1.165) is 46.5 Å². The van der Waals surface area contributed by atoms with E-state index in [4.69, 9.17) is 16.1 Å². The minimum atomic E-state index is -0.345. The minimum Gasteiger partial charge on any atom is -0.356 e. The first kappa shape index (κ1) is 22.7. The van der Waals surface area contributed by atoms with Crippen molar-refractivity contribution in [2.45, 2.75) is 46.1 Å². The lowest BCUT2D eigenvalue weighted by Crippen LogP contribution is -2.40. The van der Waals surface area contributed by atoms with Crippen LogP contribution in [0.5, 0.6) is 0 Å². The summed E-state index contributed by atoms with van der Waals surface area (Å²) in [5.41, 5.74) is 6.02. The predicted molar refractivity (Wildman–Crippen MR) is 132 cm³/mol. The van der Waals surface area contributed by atoms with Crippen LogP contribution in [0.3, 0.4) is 0 Å². The third kappa shape index (κ3) is 4.00. The van der Waals surface area contributed by atoms with E-state index in [1.165, 1.54) is 0 Å². The van der Waals surface area contributed by atoms with Crippen molar-refractivity contribution in [1.29, 1.82) is 0 Å². The topological polar surface area (TPSA) is 66.7 Å². The standard InChI is InChI=1S/C27H28ClN3O3/c1-3-17-6-5-7-18(4-2)25(17)31-15-20(14-24(31)32)27(33)30-13-12-23-22(16-30)26(34-29-23)19-8-10-21(28)11-9-19/h5-11,20H,3-4,12-16H2,1-2H3. The number of rotatable bonds is 5. The quantitative estimate of drug-likeness (QED) is 0.515. The lowest BCUT2D eigenvalue weighted by molar-refractivity contribution is -0.136. The summed E-state index contributed by atoms with van der Waals surface area (Å²) in [6.45, 7) is 5.65. The summed E-state index contributed by atoms with van der Waals surface area (Å²) in [6.07, 6.45) is 2.58. The fourth-order valence-corrected chi connectivity index (χ4v) is 5.26. The van der Waals surface area contributed by atoms with E-state index in [-0.39, 0.29) is 24.2 Å². The fourth-order valence-electron chi connectivity index (χ4n) is 5.14.